The first kappa shape index (κ1) is 19.4. The normalized spacial score (nSPS) is 17.4. The van der Waals surface area contributed by atoms with Crippen LogP contribution >= 0.6 is 0 Å². The van der Waals surface area contributed by atoms with Crippen molar-refractivity contribution in [1.82, 2.24) is 10.2 Å². The molecule has 1 atom stereocenters. The number of nitrogens with one attached hydrogen (secondary N) is 1. The van der Waals surface area contributed by atoms with Gasteiger partial charge in [-0.2, -0.15) is 0 Å². The Kier molecular flexibility index (Phi) is 6.16. The van der Waals surface area contributed by atoms with E-state index in [9.17, 15) is 19.1 Å². The van der Waals surface area contributed by atoms with Gasteiger partial charge in [0, 0.05) is 13.6 Å². The first-order valence-corrected chi connectivity index (χ1v) is 8.76. The predicted octanol–water partition coefficient (Wildman–Crippen LogP) is 2.34. The molecule has 2 amide bonds. The van der Waals surface area contributed by atoms with Crippen LogP contribution in [0.1, 0.15) is 49.9 Å². The van der Waals surface area contributed by atoms with Crippen molar-refractivity contribution in [2.75, 3.05) is 13.6 Å². The molecule has 0 heterocycles. The number of hydrogen-bond donors (Lipinski definition) is 2. The molecule has 0 aliphatic heterocycles. The van der Waals surface area contributed by atoms with Crippen LogP contribution in [0, 0.1) is 11.7 Å². The highest BCUT2D eigenvalue weighted by atomic mass is 19.1. The van der Waals surface area contributed by atoms with Crippen LogP contribution in [0.4, 0.5) is 4.39 Å². The van der Waals surface area contributed by atoms with E-state index in [4.69, 9.17) is 0 Å². The van der Waals surface area contributed by atoms with Gasteiger partial charge in [-0.15, -0.1) is 0 Å². The summed E-state index contributed by atoms with van der Waals surface area (Å²) in [6, 6.07) is 4.90. The number of nitrogens with zero attached hydrogens (tertiary/aromatic N) is 1. The van der Waals surface area contributed by atoms with Crippen LogP contribution in [-0.4, -0.2) is 47.1 Å². The zero-order chi connectivity index (χ0) is 18.6. The standard InChI is InChI=1S/C19H27FN2O3/c1-13(2)16(21-17(23)14-8-4-5-9-15(14)20)18(24)22(3)12-19(25)10-6-7-11-19/h4-5,8-9,13,16,25H,6-7,10-12H2,1-3H3,(H,21,23)/t16-/m1/s1. The SMILES string of the molecule is CC(C)[C@@H](NC(=O)c1ccccc1F)C(=O)N(C)CC1(O)CCCC1. The largest absolute Gasteiger partial charge is 0.388 e. The fraction of sp³-hybridized carbons (Fsp3) is 0.579. The number of hydrogen-bond acceptors (Lipinski definition) is 3. The molecule has 1 aliphatic carbocycles. The Morgan fingerprint density at radius 3 is 2.44 bits per heavy atom. The van der Waals surface area contributed by atoms with Gasteiger partial charge in [0.15, 0.2) is 0 Å². The number of benzene rings is 1. The molecule has 1 aromatic carbocycles. The molecular formula is C19H27FN2O3. The number of carbonyl (C=O) groups excluding carboxylic acids is 2. The van der Waals surface area contributed by atoms with Gasteiger partial charge in [0.1, 0.15) is 11.9 Å². The minimum atomic E-state index is -0.846. The highest BCUT2D eigenvalue weighted by Crippen LogP contribution is 2.30. The van der Waals surface area contributed by atoms with Gasteiger partial charge < -0.3 is 15.3 Å². The molecule has 1 fully saturated rings. The maximum absolute atomic E-state index is 13.8. The predicted molar refractivity (Wildman–Crippen MR) is 93.5 cm³/mol. The smallest absolute Gasteiger partial charge is 0.254 e. The fourth-order valence-electron chi connectivity index (χ4n) is 3.33. The van der Waals surface area contributed by atoms with Gasteiger partial charge in [-0.25, -0.2) is 4.39 Å². The third kappa shape index (κ3) is 4.78. The van der Waals surface area contributed by atoms with E-state index in [1.165, 1.54) is 23.1 Å². The molecule has 1 aliphatic rings. The Hall–Kier alpha value is -1.95. The second kappa shape index (κ2) is 7.95. The van der Waals surface area contributed by atoms with Gasteiger partial charge in [0.25, 0.3) is 5.91 Å². The van der Waals surface area contributed by atoms with Crippen LogP contribution in [0.25, 0.3) is 0 Å². The number of rotatable bonds is 6. The van der Waals surface area contributed by atoms with Crippen LogP contribution in [0.15, 0.2) is 24.3 Å². The van der Waals surface area contributed by atoms with Gasteiger partial charge in [-0.05, 0) is 30.9 Å². The van der Waals surface area contributed by atoms with Crippen molar-refractivity contribution in [2.24, 2.45) is 5.92 Å². The molecular weight excluding hydrogens is 323 g/mol. The number of halogens is 1. The second-order valence-corrected chi connectivity index (χ2v) is 7.30. The molecule has 6 heteroatoms. The van der Waals surface area contributed by atoms with Crippen molar-refractivity contribution < 1.29 is 19.1 Å². The van der Waals surface area contributed by atoms with Crippen molar-refractivity contribution in [3.8, 4) is 0 Å². The van der Waals surface area contributed by atoms with E-state index in [1.54, 1.807) is 13.1 Å². The van der Waals surface area contributed by atoms with E-state index in [1.807, 2.05) is 13.8 Å². The first-order chi connectivity index (χ1) is 11.7. The molecule has 1 aromatic rings. The summed E-state index contributed by atoms with van der Waals surface area (Å²) in [7, 11) is 1.63. The van der Waals surface area contributed by atoms with E-state index in [0.29, 0.717) is 12.8 Å². The topological polar surface area (TPSA) is 69.6 Å². The van der Waals surface area contributed by atoms with Crippen molar-refractivity contribution in [3.63, 3.8) is 0 Å². The number of likely N-dealkylation sites (N-methyl/N-ethyl adjacent to an activating group) is 1. The molecule has 0 unspecified atom stereocenters. The average molecular weight is 350 g/mol. The van der Waals surface area contributed by atoms with E-state index in [0.717, 1.165) is 12.8 Å². The zero-order valence-electron chi connectivity index (χ0n) is 15.1. The summed E-state index contributed by atoms with van der Waals surface area (Å²) in [5.74, 6) is -1.68. The maximum Gasteiger partial charge on any atom is 0.254 e. The van der Waals surface area contributed by atoms with Gasteiger partial charge in [-0.1, -0.05) is 38.8 Å². The molecule has 0 radical (unpaired) electrons. The van der Waals surface area contributed by atoms with Gasteiger partial charge in [-0.3, -0.25) is 9.59 Å². The molecule has 2 N–H and O–H groups in total. The second-order valence-electron chi connectivity index (χ2n) is 7.30. The molecule has 138 valence electrons. The van der Waals surface area contributed by atoms with Crippen molar-refractivity contribution in [3.05, 3.63) is 35.6 Å². The van der Waals surface area contributed by atoms with Gasteiger partial charge in [0.05, 0.1) is 11.2 Å². The first-order valence-electron chi connectivity index (χ1n) is 8.76. The van der Waals surface area contributed by atoms with E-state index >= 15 is 0 Å². The van der Waals surface area contributed by atoms with Crippen LogP contribution in [-0.2, 0) is 4.79 Å². The summed E-state index contributed by atoms with van der Waals surface area (Å²) in [5.41, 5.74) is -0.931. The van der Waals surface area contributed by atoms with Gasteiger partial charge >= 0.3 is 0 Å². The van der Waals surface area contributed by atoms with Crippen LogP contribution < -0.4 is 5.32 Å². The zero-order valence-corrected chi connectivity index (χ0v) is 15.1. The average Bonchev–Trinajstić information content (AvgIpc) is 2.98. The Morgan fingerprint density at radius 1 is 1.28 bits per heavy atom. The van der Waals surface area contributed by atoms with Crippen LogP contribution in [0.3, 0.4) is 0 Å². The lowest BCUT2D eigenvalue weighted by molar-refractivity contribution is -0.136. The summed E-state index contributed by atoms with van der Waals surface area (Å²) in [4.78, 5) is 26.6. The molecule has 0 saturated heterocycles. The quantitative estimate of drug-likeness (QED) is 0.827. The van der Waals surface area contributed by atoms with Crippen molar-refractivity contribution in [1.29, 1.82) is 0 Å². The molecule has 5 nitrogen and oxygen atoms in total. The Balaban J connectivity index is 2.07. The number of amides is 2. The Bertz CT molecular complexity index is 627. The van der Waals surface area contributed by atoms with Crippen LogP contribution in [0.2, 0.25) is 0 Å². The molecule has 1 saturated carbocycles. The summed E-state index contributed by atoms with van der Waals surface area (Å²) in [5, 5.41) is 13.1. The number of carbonyl (C=O) groups is 2. The van der Waals surface area contributed by atoms with Gasteiger partial charge in [0.2, 0.25) is 5.91 Å². The Labute approximate surface area is 148 Å². The highest BCUT2D eigenvalue weighted by molar-refractivity contribution is 5.97. The van der Waals surface area contributed by atoms with Crippen molar-refractivity contribution >= 4 is 11.8 Å². The highest BCUT2D eigenvalue weighted by Gasteiger charge is 2.36. The lowest BCUT2D eigenvalue weighted by Gasteiger charge is -2.32. The monoisotopic (exact) mass is 350 g/mol. The number of aliphatic hydroxyl groups is 1. The van der Waals surface area contributed by atoms with E-state index < -0.39 is 23.4 Å². The third-order valence-corrected chi connectivity index (χ3v) is 4.78. The Morgan fingerprint density at radius 2 is 1.88 bits per heavy atom. The van der Waals surface area contributed by atoms with E-state index in [2.05, 4.69) is 5.32 Å². The summed E-state index contributed by atoms with van der Waals surface area (Å²) in [6.45, 7) is 3.88. The molecule has 25 heavy (non-hydrogen) atoms. The lowest BCUT2D eigenvalue weighted by atomic mass is 9.99. The molecule has 0 spiro atoms. The maximum atomic E-state index is 13.8. The van der Waals surface area contributed by atoms with Crippen molar-refractivity contribution in [2.45, 2.75) is 51.2 Å². The minimum Gasteiger partial charge on any atom is -0.388 e. The molecule has 0 bridgehead atoms. The molecule has 2 rings (SSSR count). The molecule has 0 aromatic heterocycles. The summed E-state index contributed by atoms with van der Waals surface area (Å²) < 4.78 is 13.8. The van der Waals surface area contributed by atoms with Crippen LogP contribution in [0.5, 0.6) is 0 Å². The minimum absolute atomic E-state index is 0.0852. The third-order valence-electron chi connectivity index (χ3n) is 4.78. The van der Waals surface area contributed by atoms with E-state index in [-0.39, 0.29) is 23.9 Å². The lowest BCUT2D eigenvalue weighted by Crippen LogP contribution is -2.53. The summed E-state index contributed by atoms with van der Waals surface area (Å²) >= 11 is 0. The fourth-order valence-corrected chi connectivity index (χ4v) is 3.33. The summed E-state index contributed by atoms with van der Waals surface area (Å²) in [6.07, 6.45) is 3.27.